The van der Waals surface area contributed by atoms with Gasteiger partial charge in [-0.1, -0.05) is 47.5 Å². The van der Waals surface area contributed by atoms with Gasteiger partial charge in [0.1, 0.15) is 12.3 Å². The van der Waals surface area contributed by atoms with Gasteiger partial charge in [0, 0.05) is 24.8 Å². The van der Waals surface area contributed by atoms with Crippen molar-refractivity contribution < 1.29 is 28.5 Å². The van der Waals surface area contributed by atoms with Gasteiger partial charge in [-0.2, -0.15) is 0 Å². The van der Waals surface area contributed by atoms with Gasteiger partial charge in [-0.3, -0.25) is 9.59 Å². The number of methoxy groups -OCH3 is 3. The zero-order chi connectivity index (χ0) is 31.9. The summed E-state index contributed by atoms with van der Waals surface area (Å²) in [5, 5.41) is 0.876. The van der Waals surface area contributed by atoms with Crippen LogP contribution in [-0.4, -0.2) is 82.9 Å². The minimum atomic E-state index is -0.810. The molecule has 3 heterocycles. The van der Waals surface area contributed by atoms with E-state index in [2.05, 4.69) is 11.0 Å². The lowest BCUT2D eigenvalue weighted by molar-refractivity contribution is -0.124. The van der Waals surface area contributed by atoms with Crippen molar-refractivity contribution in [2.75, 3.05) is 66.2 Å². The molecule has 0 radical (unpaired) electrons. The zero-order valence-electron chi connectivity index (χ0n) is 25.9. The van der Waals surface area contributed by atoms with Gasteiger partial charge in [0.2, 0.25) is 11.7 Å². The third-order valence-electron chi connectivity index (χ3n) is 9.62. The summed E-state index contributed by atoms with van der Waals surface area (Å²) in [6, 6.07) is 16.9. The van der Waals surface area contributed by atoms with E-state index in [1.807, 2.05) is 37.4 Å². The molecule has 1 atom stereocenters. The van der Waals surface area contributed by atoms with Gasteiger partial charge in [0.05, 0.1) is 43.3 Å². The molecule has 6 rings (SSSR count). The quantitative estimate of drug-likeness (QED) is 0.306. The van der Waals surface area contributed by atoms with E-state index in [1.54, 1.807) is 28.0 Å². The molecule has 1 spiro atoms. The number of amides is 2. The van der Waals surface area contributed by atoms with Crippen LogP contribution < -0.4 is 19.1 Å². The number of rotatable bonds is 8. The first kappa shape index (κ1) is 31.5. The minimum absolute atomic E-state index is 0.0937. The lowest BCUT2D eigenvalue weighted by Crippen LogP contribution is -2.49. The Labute approximate surface area is 273 Å². The number of hydrogen-bond acceptors (Lipinski definition) is 7. The molecule has 0 bridgehead atoms. The Morgan fingerprint density at radius 3 is 2.27 bits per heavy atom. The van der Waals surface area contributed by atoms with E-state index in [1.165, 1.54) is 21.3 Å². The number of para-hydroxylation sites is 1. The molecule has 2 saturated heterocycles. The number of halogens is 2. The van der Waals surface area contributed by atoms with E-state index in [4.69, 9.17) is 42.1 Å². The van der Waals surface area contributed by atoms with Crippen molar-refractivity contribution in [3.63, 3.8) is 0 Å². The fraction of sp³-hybridized carbons (Fsp3) is 0.412. The summed E-state index contributed by atoms with van der Waals surface area (Å²) in [6.45, 7) is 2.68. The van der Waals surface area contributed by atoms with Gasteiger partial charge in [-0.05, 0) is 73.8 Å². The first-order chi connectivity index (χ1) is 21.7. The lowest BCUT2D eigenvalue weighted by atomic mass is 9.73. The minimum Gasteiger partial charge on any atom is -0.493 e. The average molecular weight is 655 g/mol. The van der Waals surface area contributed by atoms with Crippen molar-refractivity contribution in [2.24, 2.45) is 0 Å². The summed E-state index contributed by atoms with van der Waals surface area (Å²) < 4.78 is 22.9. The predicted molar refractivity (Wildman–Crippen MR) is 173 cm³/mol. The number of nitrogens with zero attached hydrogens (tertiary/aromatic N) is 3. The molecular formula is C34H37Cl2N3O6. The van der Waals surface area contributed by atoms with Gasteiger partial charge in [0.15, 0.2) is 11.5 Å². The number of ether oxygens (including phenoxy) is 4. The van der Waals surface area contributed by atoms with Gasteiger partial charge in [-0.25, -0.2) is 0 Å². The van der Waals surface area contributed by atoms with Crippen LogP contribution in [0.2, 0.25) is 10.0 Å². The van der Waals surface area contributed by atoms with Crippen LogP contribution in [0.15, 0.2) is 54.6 Å². The fourth-order valence-corrected chi connectivity index (χ4v) is 7.36. The van der Waals surface area contributed by atoms with E-state index < -0.39 is 11.0 Å². The Morgan fingerprint density at radius 2 is 1.62 bits per heavy atom. The van der Waals surface area contributed by atoms with Crippen molar-refractivity contribution in [1.29, 1.82) is 0 Å². The topological polar surface area (TPSA) is 80.8 Å². The molecule has 0 aromatic heterocycles. The number of likely N-dealkylation sites (N-methyl/N-ethyl adjacent to an activating group) is 1. The molecule has 9 nitrogen and oxygen atoms in total. The van der Waals surface area contributed by atoms with Gasteiger partial charge in [-0.15, -0.1) is 0 Å². The molecule has 0 N–H and O–H groups in total. The van der Waals surface area contributed by atoms with Crippen LogP contribution in [0.5, 0.6) is 17.2 Å². The molecule has 3 aliphatic rings. The molecule has 238 valence electrons. The molecule has 0 aliphatic carbocycles. The highest BCUT2D eigenvalue weighted by Gasteiger charge is 2.51. The Hall–Kier alpha value is -3.50. The number of anilines is 1. The maximum atomic E-state index is 13.8. The van der Waals surface area contributed by atoms with Crippen LogP contribution in [-0.2, 0) is 20.5 Å². The highest BCUT2D eigenvalue weighted by Crippen LogP contribution is 2.48. The second-order valence-corrected chi connectivity index (χ2v) is 12.7. The average Bonchev–Trinajstić information content (AvgIpc) is 3.60. The van der Waals surface area contributed by atoms with Crippen molar-refractivity contribution in [3.05, 3.63) is 81.3 Å². The number of carbonyl (C=O) groups excluding carboxylic acids is 2. The molecular weight excluding hydrogens is 617 g/mol. The Kier molecular flexibility index (Phi) is 8.65. The summed E-state index contributed by atoms with van der Waals surface area (Å²) in [6.07, 6.45) is 2.11. The van der Waals surface area contributed by atoms with E-state index in [0.717, 1.165) is 42.7 Å². The van der Waals surface area contributed by atoms with Crippen LogP contribution in [0.1, 0.15) is 40.7 Å². The van der Waals surface area contributed by atoms with E-state index in [9.17, 15) is 9.59 Å². The molecule has 0 saturated carbocycles. The second-order valence-electron chi connectivity index (χ2n) is 11.9. The Morgan fingerprint density at radius 1 is 0.933 bits per heavy atom. The smallest absolute Gasteiger partial charge is 0.256 e. The zero-order valence-corrected chi connectivity index (χ0v) is 27.4. The van der Waals surface area contributed by atoms with Crippen LogP contribution in [0, 0.1) is 0 Å². The summed E-state index contributed by atoms with van der Waals surface area (Å²) in [5.41, 5.74) is 2.10. The summed E-state index contributed by atoms with van der Waals surface area (Å²) >= 11 is 12.8. The van der Waals surface area contributed by atoms with Crippen LogP contribution >= 0.6 is 23.2 Å². The Balaban J connectivity index is 1.22. The van der Waals surface area contributed by atoms with Crippen LogP contribution in [0.25, 0.3) is 0 Å². The molecule has 3 aliphatic heterocycles. The number of benzene rings is 3. The third-order valence-corrected chi connectivity index (χ3v) is 10.4. The third kappa shape index (κ3) is 5.39. The summed E-state index contributed by atoms with van der Waals surface area (Å²) in [7, 11) is 6.42. The lowest BCUT2D eigenvalue weighted by Gasteiger charge is -2.39. The van der Waals surface area contributed by atoms with Crippen LogP contribution in [0.3, 0.4) is 0 Å². The molecule has 3 aromatic carbocycles. The number of fused-ring (bicyclic) bond motifs is 2. The van der Waals surface area contributed by atoms with Crippen molar-refractivity contribution in [3.8, 4) is 17.2 Å². The maximum Gasteiger partial charge on any atom is 0.256 e. The number of likely N-dealkylation sites (tertiary alicyclic amines) is 1. The monoisotopic (exact) mass is 653 g/mol. The van der Waals surface area contributed by atoms with E-state index in [0.29, 0.717) is 52.4 Å². The second kappa shape index (κ2) is 12.4. The first-order valence-electron chi connectivity index (χ1n) is 14.9. The predicted octanol–water partition coefficient (Wildman–Crippen LogP) is 5.74. The molecule has 2 amide bonds. The molecule has 11 heteroatoms. The van der Waals surface area contributed by atoms with Gasteiger partial charge in [0.25, 0.3) is 5.91 Å². The van der Waals surface area contributed by atoms with Crippen molar-refractivity contribution in [2.45, 2.75) is 30.3 Å². The highest BCUT2D eigenvalue weighted by molar-refractivity contribution is 6.42. The maximum absolute atomic E-state index is 13.8. The number of piperidine rings is 1. The SMILES string of the molecule is COc1cc(C(=O)N2CO[C@](CCN3CCC4(CC3)C(=O)N(C)c3ccccc34)(c3ccc(Cl)c(Cl)c3)C2)cc(OC)c1OC. The highest BCUT2D eigenvalue weighted by atomic mass is 35.5. The van der Waals surface area contributed by atoms with Crippen molar-refractivity contribution >= 4 is 40.7 Å². The van der Waals surface area contributed by atoms with E-state index >= 15 is 0 Å². The molecule has 3 aromatic rings. The molecule has 2 fully saturated rings. The molecule has 0 unspecified atom stereocenters. The first-order valence-corrected chi connectivity index (χ1v) is 15.7. The summed E-state index contributed by atoms with van der Waals surface area (Å²) in [5.74, 6) is 1.16. The number of carbonyl (C=O) groups is 2. The fourth-order valence-electron chi connectivity index (χ4n) is 7.07. The Bertz CT molecular complexity index is 1600. The van der Waals surface area contributed by atoms with Crippen molar-refractivity contribution in [1.82, 2.24) is 9.80 Å². The van der Waals surface area contributed by atoms with E-state index in [-0.39, 0.29) is 18.5 Å². The largest absolute Gasteiger partial charge is 0.493 e. The summed E-state index contributed by atoms with van der Waals surface area (Å²) in [4.78, 5) is 33.1. The standard InChI is InChI=1S/C34H37Cl2N3O6/c1-37-27-8-6-5-7-24(27)33(32(37)41)11-14-38(15-12-33)16-13-34(23-9-10-25(35)26(36)19-23)20-39(21-45-34)31(40)22-17-28(42-2)30(44-4)29(18-22)43-3/h5-10,17-19H,11-16,20-21H2,1-4H3/t34-/m0/s1. The van der Waals surface area contributed by atoms with Gasteiger partial charge < -0.3 is 33.6 Å². The number of hydrogen-bond donors (Lipinski definition) is 0. The van der Waals surface area contributed by atoms with Gasteiger partial charge >= 0.3 is 0 Å². The normalized spacial score (nSPS) is 20.9. The van der Waals surface area contributed by atoms with Crippen LogP contribution in [0.4, 0.5) is 5.69 Å². The molecule has 45 heavy (non-hydrogen) atoms.